The lowest BCUT2D eigenvalue weighted by atomic mass is 10.2. The maximum atomic E-state index is 12.7. The van der Waals surface area contributed by atoms with Gasteiger partial charge in [0.1, 0.15) is 17.2 Å². The molecule has 1 fully saturated rings. The molecule has 1 aromatic carbocycles. The number of morpholine rings is 1. The number of hydrogen-bond donors (Lipinski definition) is 2. The van der Waals surface area contributed by atoms with E-state index in [1.54, 1.807) is 36.4 Å². The largest absolute Gasteiger partial charge is 0.462 e. The zero-order valence-electron chi connectivity index (χ0n) is 15.9. The molecule has 3 rings (SSSR count). The minimum Gasteiger partial charge on any atom is -0.462 e. The van der Waals surface area contributed by atoms with Crippen LogP contribution in [0.15, 0.2) is 52.6 Å². The van der Waals surface area contributed by atoms with Gasteiger partial charge in [-0.2, -0.15) is 0 Å². The van der Waals surface area contributed by atoms with E-state index in [1.807, 2.05) is 13.0 Å². The normalized spacial score (nSPS) is 15.2. The summed E-state index contributed by atoms with van der Waals surface area (Å²) in [5.74, 6) is 0.530. The number of ether oxygens (including phenoxy) is 1. The number of hydrogen-bond acceptors (Lipinski definition) is 5. The number of rotatable bonds is 7. The summed E-state index contributed by atoms with van der Waals surface area (Å²) < 4.78 is 10.8. The van der Waals surface area contributed by atoms with Crippen LogP contribution in [0, 0.1) is 6.92 Å². The Kier molecular flexibility index (Phi) is 7.00. The van der Waals surface area contributed by atoms with E-state index in [4.69, 9.17) is 9.15 Å². The van der Waals surface area contributed by atoms with E-state index in [-0.39, 0.29) is 17.5 Å². The summed E-state index contributed by atoms with van der Waals surface area (Å²) >= 11 is 0. The van der Waals surface area contributed by atoms with Crippen molar-refractivity contribution in [1.82, 2.24) is 15.5 Å². The van der Waals surface area contributed by atoms with Crippen LogP contribution >= 0.6 is 0 Å². The standard InChI is InChI=1S/C21H25N3O4/c1-16-7-8-18(28-16)15-19(23-20(25)17-5-3-2-4-6-17)21(26)22-9-10-24-11-13-27-14-12-24/h2-8,15H,9-14H2,1H3,(H,22,26)(H,23,25)/b19-15+. The van der Waals surface area contributed by atoms with Gasteiger partial charge in [0.2, 0.25) is 0 Å². The number of benzene rings is 1. The lowest BCUT2D eigenvalue weighted by Crippen LogP contribution is -2.42. The molecule has 0 unspecified atom stereocenters. The molecule has 7 nitrogen and oxygen atoms in total. The minimum absolute atomic E-state index is 0.144. The smallest absolute Gasteiger partial charge is 0.267 e. The Morgan fingerprint density at radius 3 is 2.54 bits per heavy atom. The average Bonchev–Trinajstić information content (AvgIpc) is 3.13. The highest BCUT2D eigenvalue weighted by Gasteiger charge is 2.16. The second-order valence-corrected chi connectivity index (χ2v) is 6.54. The van der Waals surface area contributed by atoms with Crippen molar-refractivity contribution in [2.45, 2.75) is 6.92 Å². The number of carbonyl (C=O) groups excluding carboxylic acids is 2. The van der Waals surface area contributed by atoms with E-state index >= 15 is 0 Å². The molecule has 1 aliphatic heterocycles. The van der Waals surface area contributed by atoms with Gasteiger partial charge in [0, 0.05) is 37.8 Å². The highest BCUT2D eigenvalue weighted by molar-refractivity contribution is 6.05. The molecule has 28 heavy (non-hydrogen) atoms. The van der Waals surface area contributed by atoms with E-state index in [1.165, 1.54) is 6.08 Å². The Balaban J connectivity index is 1.65. The Morgan fingerprint density at radius 1 is 1.11 bits per heavy atom. The van der Waals surface area contributed by atoms with Crippen molar-refractivity contribution in [3.63, 3.8) is 0 Å². The molecule has 2 amide bonds. The summed E-state index contributed by atoms with van der Waals surface area (Å²) in [7, 11) is 0. The predicted octanol–water partition coefficient (Wildman–Crippen LogP) is 1.81. The first-order valence-electron chi connectivity index (χ1n) is 9.34. The van der Waals surface area contributed by atoms with Crippen LogP contribution < -0.4 is 10.6 Å². The van der Waals surface area contributed by atoms with Gasteiger partial charge in [-0.3, -0.25) is 14.5 Å². The molecule has 2 N–H and O–H groups in total. The lowest BCUT2D eigenvalue weighted by molar-refractivity contribution is -0.117. The number of nitrogens with zero attached hydrogens (tertiary/aromatic N) is 1. The van der Waals surface area contributed by atoms with E-state index in [2.05, 4.69) is 15.5 Å². The summed E-state index contributed by atoms with van der Waals surface area (Å²) in [4.78, 5) is 27.4. The second-order valence-electron chi connectivity index (χ2n) is 6.54. The van der Waals surface area contributed by atoms with Gasteiger partial charge in [-0.1, -0.05) is 18.2 Å². The molecule has 1 aliphatic rings. The van der Waals surface area contributed by atoms with Crippen molar-refractivity contribution in [1.29, 1.82) is 0 Å². The number of nitrogens with one attached hydrogen (secondary N) is 2. The molecule has 0 spiro atoms. The van der Waals surface area contributed by atoms with Gasteiger partial charge in [-0.05, 0) is 31.2 Å². The first-order valence-corrected chi connectivity index (χ1v) is 9.34. The van der Waals surface area contributed by atoms with Crippen LogP contribution in [0.2, 0.25) is 0 Å². The monoisotopic (exact) mass is 383 g/mol. The van der Waals surface area contributed by atoms with Gasteiger partial charge in [0.05, 0.1) is 13.2 Å². The van der Waals surface area contributed by atoms with Gasteiger partial charge in [0.25, 0.3) is 11.8 Å². The van der Waals surface area contributed by atoms with Gasteiger partial charge in [0.15, 0.2) is 0 Å². The summed E-state index contributed by atoms with van der Waals surface area (Å²) in [6.07, 6.45) is 1.54. The molecule has 2 heterocycles. The molecule has 0 saturated carbocycles. The number of aryl methyl sites for hydroxylation is 1. The Labute approximate surface area is 164 Å². The van der Waals surface area contributed by atoms with Crippen molar-refractivity contribution in [2.75, 3.05) is 39.4 Å². The van der Waals surface area contributed by atoms with Gasteiger partial charge in [-0.15, -0.1) is 0 Å². The lowest BCUT2D eigenvalue weighted by Gasteiger charge is -2.26. The predicted molar refractivity (Wildman–Crippen MR) is 106 cm³/mol. The van der Waals surface area contributed by atoms with E-state index in [9.17, 15) is 9.59 Å². The quantitative estimate of drug-likeness (QED) is 0.713. The fourth-order valence-corrected chi connectivity index (χ4v) is 2.86. The maximum Gasteiger partial charge on any atom is 0.267 e. The van der Waals surface area contributed by atoms with Crippen molar-refractivity contribution in [3.05, 3.63) is 65.2 Å². The number of carbonyl (C=O) groups is 2. The van der Waals surface area contributed by atoms with Crippen molar-refractivity contribution in [2.24, 2.45) is 0 Å². The molecule has 148 valence electrons. The molecule has 1 saturated heterocycles. The summed E-state index contributed by atoms with van der Waals surface area (Å²) in [5, 5.41) is 5.56. The van der Waals surface area contributed by atoms with Crippen LogP contribution in [0.1, 0.15) is 21.9 Å². The fraction of sp³-hybridized carbons (Fsp3) is 0.333. The zero-order chi connectivity index (χ0) is 19.8. The first kappa shape index (κ1) is 19.9. The molecule has 2 aromatic rings. The summed E-state index contributed by atoms with van der Waals surface area (Å²) in [6.45, 7) is 6.17. The van der Waals surface area contributed by atoms with Crippen molar-refractivity contribution < 1.29 is 18.7 Å². The third-order valence-corrected chi connectivity index (χ3v) is 4.39. The molecule has 7 heteroatoms. The van der Waals surface area contributed by atoms with Gasteiger partial charge < -0.3 is 19.8 Å². The highest BCUT2D eigenvalue weighted by atomic mass is 16.5. The fourth-order valence-electron chi connectivity index (χ4n) is 2.86. The molecule has 0 atom stereocenters. The minimum atomic E-state index is -0.355. The third-order valence-electron chi connectivity index (χ3n) is 4.39. The number of amides is 2. The molecular weight excluding hydrogens is 358 g/mol. The van der Waals surface area contributed by atoms with Crippen LogP contribution in [0.5, 0.6) is 0 Å². The van der Waals surface area contributed by atoms with E-state index < -0.39 is 0 Å². The number of furan rings is 1. The Bertz CT molecular complexity index is 823. The summed E-state index contributed by atoms with van der Waals surface area (Å²) in [6, 6.07) is 12.3. The molecule has 0 radical (unpaired) electrons. The van der Waals surface area contributed by atoms with Crippen LogP contribution in [0.25, 0.3) is 6.08 Å². The molecule has 0 bridgehead atoms. The first-order chi connectivity index (χ1) is 13.6. The topological polar surface area (TPSA) is 83.8 Å². The summed E-state index contributed by atoms with van der Waals surface area (Å²) in [5.41, 5.74) is 0.621. The highest BCUT2D eigenvalue weighted by Crippen LogP contribution is 2.11. The van der Waals surface area contributed by atoms with Crippen LogP contribution in [0.3, 0.4) is 0 Å². The maximum absolute atomic E-state index is 12.7. The third kappa shape index (κ3) is 5.80. The van der Waals surface area contributed by atoms with Crippen molar-refractivity contribution >= 4 is 17.9 Å². The van der Waals surface area contributed by atoms with Crippen LogP contribution in [0.4, 0.5) is 0 Å². The van der Waals surface area contributed by atoms with Crippen LogP contribution in [-0.4, -0.2) is 56.1 Å². The van der Waals surface area contributed by atoms with E-state index in [0.29, 0.717) is 31.1 Å². The van der Waals surface area contributed by atoms with Gasteiger partial charge >= 0.3 is 0 Å². The SMILES string of the molecule is Cc1ccc(/C=C(/NC(=O)c2ccccc2)C(=O)NCCN2CCOCC2)o1. The van der Waals surface area contributed by atoms with Crippen molar-refractivity contribution in [3.8, 4) is 0 Å². The van der Waals surface area contributed by atoms with E-state index in [0.717, 1.165) is 25.4 Å². The Hall–Kier alpha value is -2.90. The molecule has 1 aromatic heterocycles. The second kappa shape index (κ2) is 9.87. The van der Waals surface area contributed by atoms with Crippen LogP contribution in [-0.2, 0) is 9.53 Å². The molecular formula is C21H25N3O4. The average molecular weight is 383 g/mol. The Morgan fingerprint density at radius 2 is 1.86 bits per heavy atom. The van der Waals surface area contributed by atoms with Gasteiger partial charge in [-0.25, -0.2) is 0 Å². The molecule has 0 aliphatic carbocycles. The zero-order valence-corrected chi connectivity index (χ0v) is 15.9.